The van der Waals surface area contributed by atoms with Gasteiger partial charge in [0.2, 0.25) is 5.91 Å². The fourth-order valence-electron chi connectivity index (χ4n) is 8.57. The van der Waals surface area contributed by atoms with Gasteiger partial charge in [0.05, 0.1) is 29.6 Å². The van der Waals surface area contributed by atoms with Crippen LogP contribution in [0.4, 0.5) is 0 Å². The van der Waals surface area contributed by atoms with Gasteiger partial charge >= 0.3 is 5.97 Å². The monoisotopic (exact) mass is 659 g/mol. The van der Waals surface area contributed by atoms with Crippen molar-refractivity contribution in [3.8, 4) is 0 Å². The number of piperidine rings is 1. The van der Waals surface area contributed by atoms with Gasteiger partial charge in [-0.05, 0) is 61.2 Å². The summed E-state index contributed by atoms with van der Waals surface area (Å²) in [6, 6.07) is 18.0. The molecule has 6 rings (SSSR count). The zero-order chi connectivity index (χ0) is 33.5. The average molecular weight is 660 g/mol. The van der Waals surface area contributed by atoms with Crippen molar-refractivity contribution in [3.05, 3.63) is 89.0 Å². The van der Waals surface area contributed by atoms with Gasteiger partial charge in [-0.25, -0.2) is 13.2 Å². The molecule has 0 radical (unpaired) electrons. The van der Waals surface area contributed by atoms with Crippen molar-refractivity contribution < 1.29 is 22.7 Å². The molecule has 0 N–H and O–H groups in total. The number of sulfone groups is 1. The van der Waals surface area contributed by atoms with Crippen LogP contribution in [0.1, 0.15) is 61.5 Å². The molecule has 3 aliphatic heterocycles. The van der Waals surface area contributed by atoms with E-state index in [1.165, 1.54) is 18.3 Å². The topological polar surface area (TPSA) is 87.2 Å². The first kappa shape index (κ1) is 33.6. The number of carbonyl (C=O) groups is 2. The summed E-state index contributed by atoms with van der Waals surface area (Å²) in [6.45, 7) is 12.8. The zero-order valence-corrected chi connectivity index (χ0v) is 29.2. The lowest BCUT2D eigenvalue weighted by Gasteiger charge is -2.52. The van der Waals surface area contributed by atoms with Gasteiger partial charge < -0.3 is 19.4 Å². The molecule has 3 heterocycles. The summed E-state index contributed by atoms with van der Waals surface area (Å²) in [7, 11) is -1.49. The maximum Gasteiger partial charge on any atom is 0.337 e. The quantitative estimate of drug-likeness (QED) is 0.311. The predicted octanol–water partition coefficient (Wildman–Crippen LogP) is 4.83. The van der Waals surface area contributed by atoms with E-state index >= 15 is 0 Å². The maximum atomic E-state index is 14.8. The Morgan fingerprint density at radius 2 is 1.45 bits per heavy atom. The third-order valence-corrected chi connectivity index (χ3v) is 12.9. The highest BCUT2D eigenvalue weighted by molar-refractivity contribution is 7.91. The Hall–Kier alpha value is -3.27. The van der Waals surface area contributed by atoms with Crippen LogP contribution in [-0.2, 0) is 24.8 Å². The number of methoxy groups -OCH3 is 1. The molecule has 252 valence electrons. The van der Waals surface area contributed by atoms with Gasteiger partial charge in [0.25, 0.3) is 0 Å². The number of likely N-dealkylation sites (tertiary alicyclic amines) is 1. The number of hydrogen-bond donors (Lipinski definition) is 0. The summed E-state index contributed by atoms with van der Waals surface area (Å²) in [5.41, 5.74) is 4.40. The molecule has 0 aromatic heterocycles. The number of benzene rings is 2. The summed E-state index contributed by atoms with van der Waals surface area (Å²) in [6.07, 6.45) is 7.02. The van der Waals surface area contributed by atoms with Crippen molar-refractivity contribution >= 4 is 27.3 Å². The van der Waals surface area contributed by atoms with Crippen molar-refractivity contribution in [1.82, 2.24) is 14.7 Å². The number of fused-ring (bicyclic) bond motifs is 1. The molecule has 47 heavy (non-hydrogen) atoms. The van der Waals surface area contributed by atoms with Gasteiger partial charge in [-0.1, -0.05) is 81.0 Å². The van der Waals surface area contributed by atoms with Gasteiger partial charge in [-0.2, -0.15) is 0 Å². The molecule has 2 fully saturated rings. The molecule has 1 atom stereocenters. The van der Waals surface area contributed by atoms with E-state index < -0.39 is 15.3 Å². The fourth-order valence-corrected chi connectivity index (χ4v) is 9.85. The predicted molar refractivity (Wildman–Crippen MR) is 186 cm³/mol. The molecule has 0 unspecified atom stereocenters. The van der Waals surface area contributed by atoms with Crippen LogP contribution in [-0.4, -0.2) is 106 Å². The van der Waals surface area contributed by atoms with Crippen molar-refractivity contribution in [2.75, 3.05) is 71.0 Å². The number of ether oxygens (including phenoxy) is 1. The third kappa shape index (κ3) is 6.59. The van der Waals surface area contributed by atoms with Crippen LogP contribution in [0, 0.1) is 10.8 Å². The third-order valence-electron chi connectivity index (χ3n) is 11.3. The molecule has 9 heteroatoms. The van der Waals surface area contributed by atoms with Crippen LogP contribution in [0.2, 0.25) is 0 Å². The second kappa shape index (κ2) is 13.0. The lowest BCUT2D eigenvalue weighted by Crippen LogP contribution is -2.57. The van der Waals surface area contributed by atoms with Crippen LogP contribution >= 0.6 is 0 Å². The Bertz CT molecular complexity index is 1640. The molecule has 8 nitrogen and oxygen atoms in total. The molecular formula is C38H49N3O5S. The van der Waals surface area contributed by atoms with E-state index in [0.29, 0.717) is 31.7 Å². The van der Waals surface area contributed by atoms with E-state index in [9.17, 15) is 18.0 Å². The maximum absolute atomic E-state index is 14.8. The Morgan fingerprint density at radius 3 is 2.06 bits per heavy atom. The van der Waals surface area contributed by atoms with Gasteiger partial charge in [-0.15, -0.1) is 0 Å². The molecular weight excluding hydrogens is 611 g/mol. The number of rotatable bonds is 7. The SMILES string of the molecule is COC(=O)c1ccc(C2=CC[C@]3(C)CN(C(=O)C4(c5ccccc5)CCN(CCN5CCS(=O)(=O)CC5)CC4)CC=C3C2(C)C)cc1. The minimum absolute atomic E-state index is 0.173. The Labute approximate surface area is 280 Å². The highest BCUT2D eigenvalue weighted by Crippen LogP contribution is 2.55. The molecule has 1 aliphatic carbocycles. The lowest BCUT2D eigenvalue weighted by molar-refractivity contribution is -0.141. The standard InChI is InChI=1S/C38H49N3O5S/c1-36(2)32(29-10-12-30(13-11-29)34(42)46-4)14-16-37(3)28-41(19-15-33(36)37)35(43)38(31-8-6-5-7-9-31)17-20-39(21-18-38)22-23-40-24-26-47(44,45)27-25-40/h5-15H,16-28H2,1-4H3/t37-/m1/s1. The van der Waals surface area contributed by atoms with E-state index in [1.807, 2.05) is 42.5 Å². The van der Waals surface area contributed by atoms with Crippen molar-refractivity contribution in [2.45, 2.75) is 45.4 Å². The normalized spacial score (nSPS) is 25.7. The number of allylic oxidation sites excluding steroid dienone is 2. The highest BCUT2D eigenvalue weighted by atomic mass is 32.2. The number of nitrogens with zero attached hydrogens (tertiary/aromatic N) is 3. The average Bonchev–Trinajstić information content (AvgIpc) is 3.07. The van der Waals surface area contributed by atoms with Crippen molar-refractivity contribution in [1.29, 1.82) is 0 Å². The number of amides is 1. The molecule has 4 aliphatic rings. The molecule has 1 amide bonds. The minimum atomic E-state index is -2.88. The van der Waals surface area contributed by atoms with E-state index in [0.717, 1.165) is 56.6 Å². The van der Waals surface area contributed by atoms with Crippen LogP contribution in [0.3, 0.4) is 0 Å². The van der Waals surface area contributed by atoms with Crippen LogP contribution in [0.5, 0.6) is 0 Å². The Balaban J connectivity index is 1.17. The summed E-state index contributed by atoms with van der Waals surface area (Å²) >= 11 is 0. The second-order valence-corrected chi connectivity index (χ2v) is 17.0. The Kier molecular flexibility index (Phi) is 9.28. The molecule has 2 saturated heterocycles. The summed E-state index contributed by atoms with van der Waals surface area (Å²) in [5, 5.41) is 0. The fraction of sp³-hybridized carbons (Fsp3) is 0.526. The van der Waals surface area contributed by atoms with Crippen molar-refractivity contribution in [2.24, 2.45) is 10.8 Å². The second-order valence-electron chi connectivity index (χ2n) is 14.7. The smallest absolute Gasteiger partial charge is 0.337 e. The Morgan fingerprint density at radius 1 is 0.830 bits per heavy atom. The van der Waals surface area contributed by atoms with Gasteiger partial charge in [0, 0.05) is 50.1 Å². The van der Waals surface area contributed by atoms with Crippen LogP contribution in [0.25, 0.3) is 5.57 Å². The highest BCUT2D eigenvalue weighted by Gasteiger charge is 2.50. The first-order valence-corrected chi connectivity index (χ1v) is 18.8. The molecule has 2 aromatic carbocycles. The molecule has 0 saturated carbocycles. The van der Waals surface area contributed by atoms with E-state index in [1.54, 1.807) is 0 Å². The largest absolute Gasteiger partial charge is 0.465 e. The summed E-state index contributed by atoms with van der Waals surface area (Å²) in [5.74, 6) is 0.396. The van der Waals surface area contributed by atoms with Crippen LogP contribution < -0.4 is 0 Å². The minimum Gasteiger partial charge on any atom is -0.465 e. The van der Waals surface area contributed by atoms with E-state index in [-0.39, 0.29) is 34.2 Å². The first-order valence-electron chi connectivity index (χ1n) is 17.0. The van der Waals surface area contributed by atoms with E-state index in [4.69, 9.17) is 4.74 Å². The molecule has 0 spiro atoms. The number of carbonyl (C=O) groups excluding carboxylic acids is 2. The molecule has 0 bridgehead atoms. The number of esters is 1. The van der Waals surface area contributed by atoms with Gasteiger partial charge in [0.15, 0.2) is 9.84 Å². The van der Waals surface area contributed by atoms with Gasteiger partial charge in [-0.3, -0.25) is 4.79 Å². The van der Waals surface area contributed by atoms with Crippen LogP contribution in [0.15, 0.2) is 72.3 Å². The molecule has 2 aromatic rings. The summed E-state index contributed by atoms with van der Waals surface area (Å²) in [4.78, 5) is 33.6. The lowest BCUT2D eigenvalue weighted by atomic mass is 9.58. The zero-order valence-electron chi connectivity index (χ0n) is 28.3. The summed E-state index contributed by atoms with van der Waals surface area (Å²) < 4.78 is 28.6. The first-order chi connectivity index (χ1) is 22.4. The van der Waals surface area contributed by atoms with E-state index in [2.05, 4.69) is 59.8 Å². The van der Waals surface area contributed by atoms with Gasteiger partial charge in [0.1, 0.15) is 0 Å². The number of hydrogen-bond acceptors (Lipinski definition) is 7. The van der Waals surface area contributed by atoms with Crippen molar-refractivity contribution in [3.63, 3.8) is 0 Å².